The number of benzene rings is 1. The fourth-order valence-electron chi connectivity index (χ4n) is 0.874. The molecule has 0 saturated heterocycles. The molecule has 7 nitrogen and oxygen atoms in total. The number of halogens is 1. The Morgan fingerprint density at radius 2 is 1.69 bits per heavy atom. The van der Waals surface area contributed by atoms with Gasteiger partial charge in [0.05, 0.1) is 4.90 Å². The second kappa shape index (κ2) is 5.25. The molecule has 0 bridgehead atoms. The molecular weight excluding hydrogens is 298 g/mol. The van der Waals surface area contributed by atoms with Gasteiger partial charge in [-0.1, -0.05) is 15.9 Å². The zero-order valence-corrected chi connectivity index (χ0v) is 10.4. The molecule has 9 heteroatoms. The van der Waals surface area contributed by atoms with E-state index in [1.807, 2.05) is 10.9 Å². The van der Waals surface area contributed by atoms with Crippen molar-refractivity contribution in [2.75, 3.05) is 0 Å². The van der Waals surface area contributed by atoms with E-state index in [1.165, 1.54) is 12.1 Å². The molecule has 0 aromatic heterocycles. The SMILES string of the molecule is NNC(=NS(=O)(=O)c1ccc(Br)cc1)NN. The Morgan fingerprint density at radius 1 is 1.19 bits per heavy atom. The van der Waals surface area contributed by atoms with Crippen molar-refractivity contribution < 1.29 is 8.42 Å². The summed E-state index contributed by atoms with van der Waals surface area (Å²) in [7, 11) is -3.82. The van der Waals surface area contributed by atoms with E-state index in [9.17, 15) is 8.42 Å². The van der Waals surface area contributed by atoms with Gasteiger partial charge in [0.1, 0.15) is 0 Å². The number of nitrogens with two attached hydrogens (primary N) is 2. The monoisotopic (exact) mass is 307 g/mol. The van der Waals surface area contributed by atoms with Crippen molar-refractivity contribution >= 4 is 31.9 Å². The quantitative estimate of drug-likeness (QED) is 0.251. The van der Waals surface area contributed by atoms with Gasteiger partial charge in [0.2, 0.25) is 5.96 Å². The maximum atomic E-state index is 11.7. The van der Waals surface area contributed by atoms with Crippen LogP contribution in [-0.2, 0) is 10.0 Å². The second-order valence-corrected chi connectivity index (χ2v) is 5.18. The van der Waals surface area contributed by atoms with Crippen molar-refractivity contribution in [3.05, 3.63) is 28.7 Å². The topological polar surface area (TPSA) is 123 Å². The normalized spacial score (nSPS) is 10.7. The van der Waals surface area contributed by atoms with Gasteiger partial charge in [0, 0.05) is 4.47 Å². The molecular formula is C7H10BrN5O2S. The Bertz CT molecular complexity index is 478. The third kappa shape index (κ3) is 3.17. The van der Waals surface area contributed by atoms with Crippen LogP contribution in [0.15, 0.2) is 38.0 Å². The first kappa shape index (κ1) is 12.9. The maximum absolute atomic E-state index is 11.7. The molecule has 0 fully saturated rings. The van der Waals surface area contributed by atoms with E-state index in [2.05, 4.69) is 20.3 Å². The van der Waals surface area contributed by atoms with Gasteiger partial charge in [0.15, 0.2) is 0 Å². The lowest BCUT2D eigenvalue weighted by atomic mass is 10.4. The maximum Gasteiger partial charge on any atom is 0.285 e. The van der Waals surface area contributed by atoms with Crippen LogP contribution in [0, 0.1) is 0 Å². The zero-order valence-electron chi connectivity index (χ0n) is 8.01. The number of hydrazine groups is 2. The summed E-state index contributed by atoms with van der Waals surface area (Å²) in [5.41, 5.74) is 4.03. The first-order valence-corrected chi connectivity index (χ1v) is 6.26. The Balaban J connectivity index is 3.12. The van der Waals surface area contributed by atoms with E-state index in [0.29, 0.717) is 0 Å². The molecule has 0 radical (unpaired) electrons. The number of rotatable bonds is 2. The van der Waals surface area contributed by atoms with Crippen LogP contribution in [0.4, 0.5) is 0 Å². The third-order valence-corrected chi connectivity index (χ3v) is 3.42. The fraction of sp³-hybridized carbons (Fsp3) is 0. The zero-order chi connectivity index (χ0) is 12.2. The van der Waals surface area contributed by atoms with E-state index < -0.39 is 10.0 Å². The van der Waals surface area contributed by atoms with E-state index in [0.717, 1.165) is 4.47 Å². The number of hydrogen-bond donors (Lipinski definition) is 4. The van der Waals surface area contributed by atoms with Gasteiger partial charge >= 0.3 is 0 Å². The molecule has 0 aliphatic rings. The first-order valence-electron chi connectivity index (χ1n) is 4.03. The van der Waals surface area contributed by atoms with Crippen LogP contribution >= 0.6 is 15.9 Å². The van der Waals surface area contributed by atoms with Crippen molar-refractivity contribution in [3.63, 3.8) is 0 Å². The number of nitrogens with one attached hydrogen (secondary N) is 2. The lowest BCUT2D eigenvalue weighted by Crippen LogP contribution is -2.45. The summed E-state index contributed by atoms with van der Waals surface area (Å²) in [4.78, 5) is 0.0405. The number of guanidine groups is 1. The molecule has 0 atom stereocenters. The summed E-state index contributed by atoms with van der Waals surface area (Å²) < 4.78 is 27.5. The molecule has 0 aliphatic heterocycles. The van der Waals surface area contributed by atoms with Gasteiger partial charge in [-0.15, -0.1) is 4.40 Å². The number of nitrogens with zero attached hydrogens (tertiary/aromatic N) is 1. The van der Waals surface area contributed by atoms with Crippen molar-refractivity contribution in [1.29, 1.82) is 0 Å². The molecule has 6 N–H and O–H groups in total. The summed E-state index contributed by atoms with van der Waals surface area (Å²) in [6, 6.07) is 6.00. The highest BCUT2D eigenvalue weighted by molar-refractivity contribution is 9.10. The molecule has 0 amide bonds. The van der Waals surface area contributed by atoms with Crippen molar-refractivity contribution in [2.45, 2.75) is 4.90 Å². The van der Waals surface area contributed by atoms with Crippen LogP contribution in [-0.4, -0.2) is 14.4 Å². The summed E-state index contributed by atoms with van der Waals surface area (Å²) in [6.45, 7) is 0. The molecule has 0 aliphatic carbocycles. The third-order valence-electron chi connectivity index (χ3n) is 1.60. The number of hydrogen-bond acceptors (Lipinski definition) is 4. The standard InChI is InChI=1S/C7H10BrN5O2S/c8-5-1-3-6(4-2-5)16(14,15)13-7(11-9)12-10/h1-4H,9-10H2,(H2,11,12,13). The highest BCUT2D eigenvalue weighted by atomic mass is 79.9. The van der Waals surface area contributed by atoms with Gasteiger partial charge in [-0.3, -0.25) is 10.9 Å². The predicted octanol–water partition coefficient (Wildman–Crippen LogP) is -0.580. The average molecular weight is 308 g/mol. The van der Waals surface area contributed by atoms with Crippen LogP contribution in [0.3, 0.4) is 0 Å². The van der Waals surface area contributed by atoms with Crippen LogP contribution in [0.2, 0.25) is 0 Å². The first-order chi connectivity index (χ1) is 7.49. The Hall–Kier alpha value is -1.16. The summed E-state index contributed by atoms with van der Waals surface area (Å²) >= 11 is 3.20. The largest absolute Gasteiger partial charge is 0.293 e. The van der Waals surface area contributed by atoms with Gasteiger partial charge in [-0.2, -0.15) is 8.42 Å². The summed E-state index contributed by atoms with van der Waals surface area (Å²) in [5.74, 6) is 9.75. The molecule has 1 aromatic carbocycles. The minimum Gasteiger partial charge on any atom is -0.293 e. The molecule has 0 spiro atoms. The molecule has 0 heterocycles. The van der Waals surface area contributed by atoms with Crippen molar-refractivity contribution in [1.82, 2.24) is 10.9 Å². The van der Waals surface area contributed by atoms with Crippen LogP contribution in [0.5, 0.6) is 0 Å². The van der Waals surface area contributed by atoms with Crippen molar-refractivity contribution in [2.24, 2.45) is 16.1 Å². The van der Waals surface area contributed by atoms with E-state index in [4.69, 9.17) is 11.7 Å². The molecule has 1 aromatic rings. The summed E-state index contributed by atoms with van der Waals surface area (Å²) in [6.07, 6.45) is 0. The molecule has 88 valence electrons. The molecule has 0 unspecified atom stereocenters. The minimum absolute atomic E-state index is 0.0405. The van der Waals surface area contributed by atoms with Gasteiger partial charge < -0.3 is 0 Å². The Labute approximate surface area is 101 Å². The predicted molar refractivity (Wildman–Crippen MR) is 63.4 cm³/mol. The number of sulfonamides is 1. The van der Waals surface area contributed by atoms with Gasteiger partial charge in [0.25, 0.3) is 10.0 Å². The average Bonchev–Trinajstić information content (AvgIpc) is 2.26. The van der Waals surface area contributed by atoms with Crippen LogP contribution in [0.1, 0.15) is 0 Å². The van der Waals surface area contributed by atoms with Gasteiger partial charge in [-0.05, 0) is 24.3 Å². The highest BCUT2D eigenvalue weighted by Gasteiger charge is 2.13. The van der Waals surface area contributed by atoms with E-state index in [1.54, 1.807) is 12.1 Å². The van der Waals surface area contributed by atoms with E-state index >= 15 is 0 Å². The molecule has 0 saturated carbocycles. The highest BCUT2D eigenvalue weighted by Crippen LogP contribution is 2.16. The van der Waals surface area contributed by atoms with Crippen molar-refractivity contribution in [3.8, 4) is 0 Å². The van der Waals surface area contributed by atoms with E-state index in [-0.39, 0.29) is 10.9 Å². The lowest BCUT2D eigenvalue weighted by Gasteiger charge is -2.04. The minimum atomic E-state index is -3.82. The Kier molecular flexibility index (Phi) is 4.24. The second-order valence-electron chi connectivity index (χ2n) is 2.66. The molecule has 16 heavy (non-hydrogen) atoms. The summed E-state index contributed by atoms with van der Waals surface area (Å²) in [5, 5.41) is 0. The lowest BCUT2D eigenvalue weighted by molar-refractivity contribution is 0.597. The van der Waals surface area contributed by atoms with Crippen LogP contribution in [0.25, 0.3) is 0 Å². The fourth-order valence-corrected chi connectivity index (χ4v) is 2.07. The molecule has 1 rings (SSSR count). The van der Waals surface area contributed by atoms with Gasteiger partial charge in [-0.25, -0.2) is 11.7 Å². The van der Waals surface area contributed by atoms with Crippen LogP contribution < -0.4 is 22.5 Å². The Morgan fingerprint density at radius 3 is 2.12 bits per heavy atom. The smallest absolute Gasteiger partial charge is 0.285 e.